The molecular weight excluding hydrogens is 264 g/mol. The van der Waals surface area contributed by atoms with Crippen molar-refractivity contribution in [2.75, 3.05) is 11.1 Å². The molecule has 5 heteroatoms. The Morgan fingerprint density at radius 1 is 1.43 bits per heavy atom. The molecule has 0 fully saturated rings. The third-order valence-corrected chi connectivity index (χ3v) is 3.46. The van der Waals surface area contributed by atoms with Crippen molar-refractivity contribution in [3.63, 3.8) is 0 Å². The van der Waals surface area contributed by atoms with Crippen LogP contribution in [0.15, 0.2) is 30.6 Å². The minimum absolute atomic E-state index is 0.0156. The van der Waals surface area contributed by atoms with E-state index in [1.165, 1.54) is 0 Å². The molecule has 5 nitrogen and oxygen atoms in total. The van der Waals surface area contributed by atoms with E-state index in [9.17, 15) is 4.79 Å². The maximum absolute atomic E-state index is 12.0. The number of aryl methyl sites for hydroxylation is 3. The van der Waals surface area contributed by atoms with Gasteiger partial charge in [-0.15, -0.1) is 0 Å². The summed E-state index contributed by atoms with van der Waals surface area (Å²) in [6, 6.07) is 5.53. The number of imidazole rings is 1. The molecule has 1 amide bonds. The lowest BCUT2D eigenvalue weighted by Gasteiger charge is -2.10. The summed E-state index contributed by atoms with van der Waals surface area (Å²) in [5, 5.41) is 2.92. The third kappa shape index (κ3) is 4.08. The van der Waals surface area contributed by atoms with Gasteiger partial charge in [-0.2, -0.15) is 0 Å². The van der Waals surface area contributed by atoms with Crippen molar-refractivity contribution in [3.05, 3.63) is 42.0 Å². The lowest BCUT2D eigenvalue weighted by molar-refractivity contribution is -0.116. The predicted molar refractivity (Wildman–Crippen MR) is 85.1 cm³/mol. The van der Waals surface area contributed by atoms with E-state index in [0.29, 0.717) is 12.1 Å². The van der Waals surface area contributed by atoms with Gasteiger partial charge in [-0.05, 0) is 31.0 Å². The molecule has 0 aliphatic rings. The standard InChI is InChI=1S/C16H22N4O/c1-3-15-18-8-10-20(15)9-4-5-16(21)19-14-11-13(17)7-6-12(14)2/h6-8,10-11H,3-5,9,17H2,1-2H3,(H,19,21). The van der Waals surface area contributed by atoms with Gasteiger partial charge in [-0.3, -0.25) is 4.79 Å². The Kier molecular flexibility index (Phi) is 4.98. The molecule has 1 heterocycles. The molecule has 0 aliphatic heterocycles. The minimum Gasteiger partial charge on any atom is -0.399 e. The molecule has 3 N–H and O–H groups in total. The summed E-state index contributed by atoms with van der Waals surface area (Å²) < 4.78 is 2.10. The summed E-state index contributed by atoms with van der Waals surface area (Å²) in [5.41, 5.74) is 8.20. The van der Waals surface area contributed by atoms with Crippen LogP contribution < -0.4 is 11.1 Å². The number of carbonyl (C=O) groups excluding carboxylic acids is 1. The molecule has 0 unspecified atom stereocenters. The Morgan fingerprint density at radius 2 is 2.24 bits per heavy atom. The second kappa shape index (κ2) is 6.92. The zero-order valence-electron chi connectivity index (χ0n) is 12.6. The quantitative estimate of drug-likeness (QED) is 0.802. The van der Waals surface area contributed by atoms with E-state index < -0.39 is 0 Å². The second-order valence-corrected chi connectivity index (χ2v) is 5.12. The van der Waals surface area contributed by atoms with Crippen molar-refractivity contribution < 1.29 is 4.79 Å². The maximum atomic E-state index is 12.0. The molecule has 21 heavy (non-hydrogen) atoms. The van der Waals surface area contributed by atoms with E-state index in [1.807, 2.05) is 25.3 Å². The molecule has 0 atom stereocenters. The topological polar surface area (TPSA) is 72.9 Å². The van der Waals surface area contributed by atoms with Gasteiger partial charge < -0.3 is 15.6 Å². The van der Waals surface area contributed by atoms with E-state index in [1.54, 1.807) is 12.3 Å². The molecule has 2 rings (SSSR count). The summed E-state index contributed by atoms with van der Waals surface area (Å²) in [5.74, 6) is 1.07. The number of anilines is 2. The van der Waals surface area contributed by atoms with Crippen LogP contribution in [0.3, 0.4) is 0 Å². The number of nitrogens with zero attached hydrogens (tertiary/aromatic N) is 2. The smallest absolute Gasteiger partial charge is 0.224 e. The lowest BCUT2D eigenvalue weighted by Crippen LogP contribution is -2.13. The molecule has 2 aromatic rings. The Labute approximate surface area is 125 Å². The normalized spacial score (nSPS) is 10.6. The highest BCUT2D eigenvalue weighted by atomic mass is 16.1. The van der Waals surface area contributed by atoms with E-state index >= 15 is 0 Å². The molecule has 0 bridgehead atoms. The van der Waals surface area contributed by atoms with Crippen LogP contribution in [0.4, 0.5) is 11.4 Å². The largest absolute Gasteiger partial charge is 0.399 e. The molecule has 0 radical (unpaired) electrons. The predicted octanol–water partition coefficient (Wildman–Crippen LogP) is 2.76. The molecule has 112 valence electrons. The number of hydrogen-bond donors (Lipinski definition) is 2. The van der Waals surface area contributed by atoms with Crippen molar-refractivity contribution in [2.45, 2.75) is 39.7 Å². The van der Waals surface area contributed by atoms with Gasteiger partial charge in [0.25, 0.3) is 0 Å². The van der Waals surface area contributed by atoms with Gasteiger partial charge in [0.05, 0.1) is 0 Å². The van der Waals surface area contributed by atoms with Crippen LogP contribution in [0, 0.1) is 6.92 Å². The van der Waals surface area contributed by atoms with Crippen LogP contribution in [-0.4, -0.2) is 15.5 Å². The number of rotatable bonds is 6. The first-order valence-electron chi connectivity index (χ1n) is 7.26. The fourth-order valence-electron chi connectivity index (χ4n) is 2.25. The lowest BCUT2D eigenvalue weighted by atomic mass is 10.1. The van der Waals surface area contributed by atoms with E-state index in [4.69, 9.17) is 5.73 Å². The number of nitrogens with two attached hydrogens (primary N) is 1. The van der Waals surface area contributed by atoms with Gasteiger partial charge in [-0.25, -0.2) is 4.98 Å². The number of hydrogen-bond acceptors (Lipinski definition) is 3. The fourth-order valence-corrected chi connectivity index (χ4v) is 2.25. The first-order chi connectivity index (χ1) is 10.1. The zero-order chi connectivity index (χ0) is 15.2. The van der Waals surface area contributed by atoms with Crippen LogP contribution >= 0.6 is 0 Å². The van der Waals surface area contributed by atoms with Gasteiger partial charge in [0.2, 0.25) is 5.91 Å². The first kappa shape index (κ1) is 15.1. The number of benzene rings is 1. The monoisotopic (exact) mass is 286 g/mol. The number of aromatic nitrogens is 2. The Morgan fingerprint density at radius 3 is 3.00 bits per heavy atom. The minimum atomic E-state index is 0.0156. The van der Waals surface area contributed by atoms with Crippen molar-refractivity contribution in [3.8, 4) is 0 Å². The van der Waals surface area contributed by atoms with E-state index in [0.717, 1.165) is 36.5 Å². The van der Waals surface area contributed by atoms with Crippen molar-refractivity contribution >= 4 is 17.3 Å². The molecule has 0 aliphatic carbocycles. The van der Waals surface area contributed by atoms with Crippen LogP contribution in [0.5, 0.6) is 0 Å². The average Bonchev–Trinajstić information content (AvgIpc) is 2.90. The van der Waals surface area contributed by atoms with Crippen molar-refractivity contribution in [1.29, 1.82) is 0 Å². The van der Waals surface area contributed by atoms with Crippen LogP contribution in [0.1, 0.15) is 31.2 Å². The Balaban J connectivity index is 1.84. The number of nitrogens with one attached hydrogen (secondary N) is 1. The number of amides is 1. The summed E-state index contributed by atoms with van der Waals surface area (Å²) >= 11 is 0. The Bertz CT molecular complexity index is 618. The van der Waals surface area contributed by atoms with Crippen molar-refractivity contribution in [2.24, 2.45) is 0 Å². The first-order valence-corrected chi connectivity index (χ1v) is 7.26. The van der Waals surface area contributed by atoms with E-state index in [-0.39, 0.29) is 5.91 Å². The maximum Gasteiger partial charge on any atom is 0.224 e. The highest BCUT2D eigenvalue weighted by Gasteiger charge is 2.06. The summed E-state index contributed by atoms with van der Waals surface area (Å²) in [4.78, 5) is 16.3. The molecule has 0 spiro atoms. The van der Waals surface area contributed by atoms with Crippen molar-refractivity contribution in [1.82, 2.24) is 9.55 Å². The molecule has 0 saturated heterocycles. The number of nitrogen functional groups attached to an aromatic ring is 1. The molecule has 0 saturated carbocycles. The van der Waals surface area contributed by atoms with Crippen LogP contribution in [-0.2, 0) is 17.8 Å². The summed E-state index contributed by atoms with van der Waals surface area (Å²) in [7, 11) is 0. The van der Waals surface area contributed by atoms with Gasteiger partial charge in [0.15, 0.2) is 0 Å². The highest BCUT2D eigenvalue weighted by Crippen LogP contribution is 2.18. The van der Waals surface area contributed by atoms with Crippen LogP contribution in [0.2, 0.25) is 0 Å². The molecule has 1 aromatic carbocycles. The molecular formula is C16H22N4O. The van der Waals surface area contributed by atoms with Crippen LogP contribution in [0.25, 0.3) is 0 Å². The Hall–Kier alpha value is -2.30. The summed E-state index contributed by atoms with van der Waals surface area (Å²) in [6.45, 7) is 4.84. The summed E-state index contributed by atoms with van der Waals surface area (Å²) in [6.07, 6.45) is 5.93. The van der Waals surface area contributed by atoms with Gasteiger partial charge in [0.1, 0.15) is 5.82 Å². The van der Waals surface area contributed by atoms with E-state index in [2.05, 4.69) is 21.8 Å². The fraction of sp³-hybridized carbons (Fsp3) is 0.375. The molecule has 1 aromatic heterocycles. The van der Waals surface area contributed by atoms with Gasteiger partial charge in [0, 0.05) is 43.2 Å². The number of carbonyl (C=O) groups is 1. The second-order valence-electron chi connectivity index (χ2n) is 5.12. The zero-order valence-corrected chi connectivity index (χ0v) is 12.6. The van der Waals surface area contributed by atoms with Gasteiger partial charge >= 0.3 is 0 Å². The highest BCUT2D eigenvalue weighted by molar-refractivity contribution is 5.91. The SMILES string of the molecule is CCc1nccn1CCCC(=O)Nc1cc(N)ccc1C. The average molecular weight is 286 g/mol. The third-order valence-electron chi connectivity index (χ3n) is 3.46. The van der Waals surface area contributed by atoms with Gasteiger partial charge in [-0.1, -0.05) is 13.0 Å².